The van der Waals surface area contributed by atoms with Gasteiger partial charge in [0.25, 0.3) is 0 Å². The Labute approximate surface area is 167 Å². The van der Waals surface area contributed by atoms with E-state index >= 15 is 0 Å². The van der Waals surface area contributed by atoms with Crippen LogP contribution in [0.15, 0.2) is 47.4 Å². The molecule has 148 valence electrons. The lowest BCUT2D eigenvalue weighted by Gasteiger charge is -2.08. The molecule has 1 aromatic heterocycles. The Morgan fingerprint density at radius 2 is 1.93 bits per heavy atom. The normalized spacial score (nSPS) is 11.5. The quantitative estimate of drug-likeness (QED) is 0.584. The lowest BCUT2D eigenvalue weighted by molar-refractivity contribution is -0.116. The van der Waals surface area contributed by atoms with Gasteiger partial charge in [-0.1, -0.05) is 17.4 Å². The minimum Gasteiger partial charge on any atom is -0.494 e. The van der Waals surface area contributed by atoms with Gasteiger partial charge in [-0.3, -0.25) is 4.79 Å². The Kier molecular flexibility index (Phi) is 6.28. The molecule has 2 aromatic carbocycles. The van der Waals surface area contributed by atoms with E-state index in [2.05, 4.69) is 15.0 Å². The molecule has 0 aliphatic rings. The zero-order valence-electron chi connectivity index (χ0n) is 15.6. The highest BCUT2D eigenvalue weighted by molar-refractivity contribution is 7.89. The van der Waals surface area contributed by atoms with E-state index in [0.717, 1.165) is 15.8 Å². The van der Waals surface area contributed by atoms with Crippen molar-refractivity contribution in [2.24, 2.45) is 0 Å². The number of sulfonamides is 1. The van der Waals surface area contributed by atoms with Crippen molar-refractivity contribution in [3.63, 3.8) is 0 Å². The van der Waals surface area contributed by atoms with Gasteiger partial charge in [-0.25, -0.2) is 18.1 Å². The molecule has 0 saturated heterocycles. The van der Waals surface area contributed by atoms with E-state index in [0.29, 0.717) is 17.5 Å². The molecule has 1 heterocycles. The number of amides is 1. The van der Waals surface area contributed by atoms with Crippen molar-refractivity contribution in [1.82, 2.24) is 9.71 Å². The second-order valence-corrected chi connectivity index (χ2v) is 8.89. The average molecular weight is 420 g/mol. The van der Waals surface area contributed by atoms with Crippen LogP contribution in [0.25, 0.3) is 10.2 Å². The number of nitrogens with one attached hydrogen (secondary N) is 2. The molecule has 0 unspecified atom stereocenters. The molecule has 0 aliphatic heterocycles. The van der Waals surface area contributed by atoms with Crippen molar-refractivity contribution >= 4 is 42.6 Å². The predicted molar refractivity (Wildman–Crippen MR) is 110 cm³/mol. The van der Waals surface area contributed by atoms with Crippen LogP contribution in [0.3, 0.4) is 0 Å². The van der Waals surface area contributed by atoms with E-state index in [-0.39, 0.29) is 23.8 Å². The third-order valence-electron chi connectivity index (χ3n) is 3.88. The summed E-state index contributed by atoms with van der Waals surface area (Å²) >= 11 is 1.39. The van der Waals surface area contributed by atoms with E-state index < -0.39 is 10.0 Å². The lowest BCUT2D eigenvalue weighted by atomic mass is 10.2. The number of nitrogens with zero attached hydrogens (tertiary/aromatic N) is 1. The molecule has 0 saturated carbocycles. The number of thiazole rings is 1. The smallest absolute Gasteiger partial charge is 0.240 e. The number of anilines is 1. The standard InChI is InChI=1S/C19H21N3O4S2/c1-3-26-14-5-7-15(8-6-14)28(24,25)20-11-10-18(23)22-19-21-16-9-4-13(2)12-17(16)27-19/h4-9,12,20H,3,10-11H2,1-2H3,(H,21,22,23). The van der Waals surface area contributed by atoms with Crippen molar-refractivity contribution in [3.8, 4) is 5.75 Å². The van der Waals surface area contributed by atoms with Gasteiger partial charge in [0.05, 0.1) is 21.7 Å². The summed E-state index contributed by atoms with van der Waals surface area (Å²) in [5.74, 6) is 0.303. The molecule has 0 aliphatic carbocycles. The lowest BCUT2D eigenvalue weighted by Crippen LogP contribution is -2.27. The van der Waals surface area contributed by atoms with E-state index in [4.69, 9.17) is 4.74 Å². The average Bonchev–Trinajstić information content (AvgIpc) is 3.03. The van der Waals surface area contributed by atoms with Gasteiger partial charge < -0.3 is 10.1 Å². The fourth-order valence-corrected chi connectivity index (χ4v) is 4.54. The number of aromatic nitrogens is 1. The highest BCUT2D eigenvalue weighted by atomic mass is 32.2. The van der Waals surface area contributed by atoms with Crippen molar-refractivity contribution < 1.29 is 17.9 Å². The number of ether oxygens (including phenoxy) is 1. The van der Waals surface area contributed by atoms with Gasteiger partial charge >= 0.3 is 0 Å². The van der Waals surface area contributed by atoms with Crippen LogP contribution >= 0.6 is 11.3 Å². The van der Waals surface area contributed by atoms with Crippen molar-refractivity contribution in [2.45, 2.75) is 25.2 Å². The van der Waals surface area contributed by atoms with Gasteiger partial charge in [0, 0.05) is 13.0 Å². The van der Waals surface area contributed by atoms with Crippen molar-refractivity contribution in [2.75, 3.05) is 18.5 Å². The molecule has 0 atom stereocenters. The minimum atomic E-state index is -3.68. The highest BCUT2D eigenvalue weighted by Gasteiger charge is 2.15. The zero-order valence-corrected chi connectivity index (χ0v) is 17.2. The molecule has 2 N–H and O–H groups in total. The van der Waals surface area contributed by atoms with Gasteiger partial charge in [0.1, 0.15) is 5.75 Å². The van der Waals surface area contributed by atoms with Crippen LogP contribution in [0.2, 0.25) is 0 Å². The van der Waals surface area contributed by atoms with Crippen LogP contribution in [-0.4, -0.2) is 32.5 Å². The Morgan fingerprint density at radius 3 is 2.64 bits per heavy atom. The van der Waals surface area contributed by atoms with Gasteiger partial charge in [0.15, 0.2) is 5.13 Å². The molecular formula is C19H21N3O4S2. The molecule has 1 amide bonds. The first kappa shape index (κ1) is 20.2. The summed E-state index contributed by atoms with van der Waals surface area (Å²) < 4.78 is 33.3. The summed E-state index contributed by atoms with van der Waals surface area (Å²) in [5, 5.41) is 3.22. The maximum Gasteiger partial charge on any atom is 0.240 e. The first-order valence-corrected chi connectivity index (χ1v) is 11.1. The fourth-order valence-electron chi connectivity index (χ4n) is 2.53. The number of benzene rings is 2. The summed E-state index contributed by atoms with van der Waals surface area (Å²) in [7, 11) is -3.68. The molecule has 7 nitrogen and oxygen atoms in total. The topological polar surface area (TPSA) is 97.4 Å². The molecule has 28 heavy (non-hydrogen) atoms. The maximum atomic E-state index is 12.3. The van der Waals surface area contributed by atoms with Crippen LogP contribution in [0, 0.1) is 6.92 Å². The summed E-state index contributed by atoms with van der Waals surface area (Å²) in [6.45, 7) is 4.35. The van der Waals surface area contributed by atoms with Crippen LogP contribution in [0.1, 0.15) is 18.9 Å². The number of fused-ring (bicyclic) bond motifs is 1. The molecule has 0 radical (unpaired) electrons. The molecule has 0 bridgehead atoms. The summed E-state index contributed by atoms with van der Waals surface area (Å²) in [5.41, 5.74) is 1.94. The molecule has 0 fully saturated rings. The van der Waals surface area contributed by atoms with Gasteiger partial charge in [-0.05, 0) is 55.8 Å². The summed E-state index contributed by atoms with van der Waals surface area (Å²) in [6, 6.07) is 12.0. The Bertz CT molecular complexity index is 1080. The van der Waals surface area contributed by atoms with Gasteiger partial charge in [-0.2, -0.15) is 0 Å². The summed E-state index contributed by atoms with van der Waals surface area (Å²) in [4.78, 5) is 16.6. The third-order valence-corrected chi connectivity index (χ3v) is 6.29. The second kappa shape index (κ2) is 8.68. The fraction of sp³-hybridized carbons (Fsp3) is 0.263. The van der Waals surface area contributed by atoms with Gasteiger partial charge in [0.2, 0.25) is 15.9 Å². The molecular weight excluding hydrogens is 398 g/mol. The Hall–Kier alpha value is -2.49. The maximum absolute atomic E-state index is 12.3. The number of rotatable bonds is 8. The number of hydrogen-bond acceptors (Lipinski definition) is 6. The first-order valence-electron chi connectivity index (χ1n) is 8.77. The van der Waals surface area contributed by atoms with Gasteiger partial charge in [-0.15, -0.1) is 0 Å². The van der Waals surface area contributed by atoms with Crippen molar-refractivity contribution in [1.29, 1.82) is 0 Å². The summed E-state index contributed by atoms with van der Waals surface area (Å²) in [6.07, 6.45) is 0.00517. The minimum absolute atomic E-state index is 0.00517. The molecule has 0 spiro atoms. The van der Waals surface area contributed by atoms with Crippen LogP contribution in [-0.2, 0) is 14.8 Å². The first-order chi connectivity index (χ1) is 13.4. The third kappa shape index (κ3) is 5.06. The second-order valence-electron chi connectivity index (χ2n) is 6.09. The highest BCUT2D eigenvalue weighted by Crippen LogP contribution is 2.26. The zero-order chi connectivity index (χ0) is 20.1. The van der Waals surface area contributed by atoms with E-state index in [1.165, 1.54) is 23.5 Å². The SMILES string of the molecule is CCOc1ccc(S(=O)(=O)NCCC(=O)Nc2nc3ccc(C)cc3s2)cc1. The monoisotopic (exact) mass is 419 g/mol. The number of carbonyl (C=O) groups excluding carboxylic acids is 1. The van der Waals surface area contributed by atoms with E-state index in [9.17, 15) is 13.2 Å². The van der Waals surface area contributed by atoms with Crippen LogP contribution in [0.4, 0.5) is 5.13 Å². The van der Waals surface area contributed by atoms with E-state index in [1.54, 1.807) is 12.1 Å². The number of aryl methyl sites for hydroxylation is 1. The molecule has 3 aromatic rings. The Balaban J connectivity index is 1.53. The Morgan fingerprint density at radius 1 is 1.18 bits per heavy atom. The van der Waals surface area contributed by atoms with Crippen LogP contribution in [0.5, 0.6) is 5.75 Å². The van der Waals surface area contributed by atoms with Crippen molar-refractivity contribution in [3.05, 3.63) is 48.0 Å². The molecule has 9 heteroatoms. The number of carbonyl (C=O) groups is 1. The molecule has 3 rings (SSSR count). The largest absolute Gasteiger partial charge is 0.494 e. The predicted octanol–water partition coefficient (Wildman–Crippen LogP) is 3.31. The van der Waals surface area contributed by atoms with E-state index in [1.807, 2.05) is 32.0 Å². The van der Waals surface area contributed by atoms with Crippen LogP contribution < -0.4 is 14.8 Å². The number of hydrogen-bond donors (Lipinski definition) is 2.